The first kappa shape index (κ1) is 13.4. The maximum atomic E-state index is 3.70. The van der Waals surface area contributed by atoms with Crippen molar-refractivity contribution in [1.82, 2.24) is 5.32 Å². The molecule has 2 aliphatic rings. The Balaban J connectivity index is 1.51. The normalized spacial score (nSPS) is 20.2. The van der Waals surface area contributed by atoms with Gasteiger partial charge in [-0.25, -0.2) is 0 Å². The van der Waals surface area contributed by atoms with Gasteiger partial charge in [-0.15, -0.1) is 11.3 Å². The Hall–Kier alpha value is -0.600. The quantitative estimate of drug-likeness (QED) is 0.763. The Labute approximate surface area is 121 Å². The zero-order valence-corrected chi connectivity index (χ0v) is 12.8. The van der Waals surface area contributed by atoms with Gasteiger partial charge < -0.3 is 5.32 Å². The summed E-state index contributed by atoms with van der Waals surface area (Å²) in [5.74, 6) is 0. The van der Waals surface area contributed by atoms with E-state index in [1.54, 1.807) is 20.9 Å². The smallest absolute Gasteiger partial charge is 0.0386 e. The molecule has 1 nitrogen and oxygen atoms in total. The molecule has 0 radical (unpaired) electrons. The number of aryl methyl sites for hydroxylation is 2. The fraction of sp³-hybridized carbons (Fsp3) is 0.647. The maximum Gasteiger partial charge on any atom is 0.0386 e. The van der Waals surface area contributed by atoms with Crippen LogP contribution in [0, 0.1) is 0 Å². The molecule has 0 aliphatic heterocycles. The Bertz CT molecular complexity index is 434. The van der Waals surface area contributed by atoms with Gasteiger partial charge in [-0.05, 0) is 76.5 Å². The van der Waals surface area contributed by atoms with Crippen molar-refractivity contribution >= 4 is 11.3 Å². The highest BCUT2D eigenvalue weighted by Gasteiger charge is 2.16. The molecule has 104 valence electrons. The molecule has 3 rings (SSSR count). The van der Waals surface area contributed by atoms with Gasteiger partial charge in [-0.2, -0.15) is 0 Å². The zero-order valence-electron chi connectivity index (χ0n) is 12.0. The van der Waals surface area contributed by atoms with Crippen LogP contribution in [0.3, 0.4) is 0 Å². The lowest BCUT2D eigenvalue weighted by Gasteiger charge is -2.12. The fourth-order valence-electron chi connectivity index (χ4n) is 3.24. The summed E-state index contributed by atoms with van der Waals surface area (Å²) in [4.78, 5) is 3.21. The van der Waals surface area contributed by atoms with Gasteiger partial charge in [0.2, 0.25) is 0 Å². The van der Waals surface area contributed by atoms with Crippen molar-refractivity contribution in [3.8, 4) is 0 Å². The Morgan fingerprint density at radius 2 is 2.11 bits per heavy atom. The molecule has 1 unspecified atom stereocenters. The van der Waals surface area contributed by atoms with Gasteiger partial charge in [-0.3, -0.25) is 0 Å². The highest BCUT2D eigenvalue weighted by Crippen LogP contribution is 2.32. The van der Waals surface area contributed by atoms with E-state index >= 15 is 0 Å². The number of thiophene rings is 1. The molecule has 0 aromatic carbocycles. The number of rotatable bonds is 5. The third-order valence-electron chi connectivity index (χ3n) is 4.47. The fourth-order valence-corrected chi connectivity index (χ4v) is 4.53. The summed E-state index contributed by atoms with van der Waals surface area (Å²) in [6.07, 6.45) is 13.1. The van der Waals surface area contributed by atoms with Crippen molar-refractivity contribution in [2.24, 2.45) is 0 Å². The molecule has 0 fully saturated rings. The molecule has 0 spiro atoms. The van der Waals surface area contributed by atoms with Crippen molar-refractivity contribution in [2.75, 3.05) is 6.54 Å². The van der Waals surface area contributed by atoms with Gasteiger partial charge in [0.15, 0.2) is 0 Å². The lowest BCUT2D eigenvalue weighted by molar-refractivity contribution is 0.580. The molecule has 0 saturated heterocycles. The van der Waals surface area contributed by atoms with E-state index in [-0.39, 0.29) is 0 Å². The van der Waals surface area contributed by atoms with Crippen LogP contribution in [-0.4, -0.2) is 6.54 Å². The number of allylic oxidation sites excluding steroid dienone is 1. The summed E-state index contributed by atoms with van der Waals surface area (Å²) in [7, 11) is 0. The second-order valence-corrected chi connectivity index (χ2v) is 7.15. The van der Waals surface area contributed by atoms with E-state index in [1.807, 2.05) is 11.3 Å². The lowest BCUT2D eigenvalue weighted by Crippen LogP contribution is -2.19. The standard InChI is InChI=1S/C17H25NS/c1-13(18-11-10-14-6-2-3-7-14)17-12-15-8-4-5-9-16(15)19-17/h6,12-13,18H,2-5,7-11H2,1H3. The van der Waals surface area contributed by atoms with Crippen molar-refractivity contribution in [1.29, 1.82) is 0 Å². The van der Waals surface area contributed by atoms with E-state index in [0.29, 0.717) is 6.04 Å². The van der Waals surface area contributed by atoms with Crippen LogP contribution in [0.4, 0.5) is 0 Å². The molecule has 1 heterocycles. The molecule has 1 aromatic heterocycles. The van der Waals surface area contributed by atoms with Crippen molar-refractivity contribution in [3.63, 3.8) is 0 Å². The van der Waals surface area contributed by atoms with Crippen LogP contribution >= 0.6 is 11.3 Å². The maximum absolute atomic E-state index is 3.70. The van der Waals surface area contributed by atoms with Crippen LogP contribution in [0.1, 0.15) is 66.8 Å². The highest BCUT2D eigenvalue weighted by molar-refractivity contribution is 7.12. The first-order valence-corrected chi connectivity index (χ1v) is 8.67. The van der Waals surface area contributed by atoms with E-state index in [4.69, 9.17) is 0 Å². The molecule has 19 heavy (non-hydrogen) atoms. The summed E-state index contributed by atoms with van der Waals surface area (Å²) in [5.41, 5.74) is 3.31. The van der Waals surface area contributed by atoms with Gasteiger partial charge in [0, 0.05) is 15.8 Å². The second kappa shape index (κ2) is 6.23. The molecule has 1 atom stereocenters. The lowest BCUT2D eigenvalue weighted by atomic mass is 9.99. The Morgan fingerprint density at radius 1 is 1.21 bits per heavy atom. The molecule has 1 N–H and O–H groups in total. The van der Waals surface area contributed by atoms with Crippen LogP contribution in [-0.2, 0) is 12.8 Å². The largest absolute Gasteiger partial charge is 0.309 e. The van der Waals surface area contributed by atoms with E-state index in [2.05, 4.69) is 24.4 Å². The Morgan fingerprint density at radius 3 is 2.89 bits per heavy atom. The van der Waals surface area contributed by atoms with Crippen LogP contribution in [0.2, 0.25) is 0 Å². The summed E-state index contributed by atoms with van der Waals surface area (Å²) in [6, 6.07) is 2.99. The number of nitrogens with one attached hydrogen (secondary N) is 1. The van der Waals surface area contributed by atoms with Crippen molar-refractivity contribution in [2.45, 2.75) is 64.3 Å². The van der Waals surface area contributed by atoms with E-state index in [1.165, 1.54) is 51.4 Å². The first-order chi connectivity index (χ1) is 9.33. The minimum atomic E-state index is 0.526. The minimum Gasteiger partial charge on any atom is -0.309 e. The summed E-state index contributed by atoms with van der Waals surface area (Å²) < 4.78 is 0. The Kier molecular flexibility index (Phi) is 4.39. The number of hydrogen-bond donors (Lipinski definition) is 1. The summed E-state index contributed by atoms with van der Waals surface area (Å²) in [6.45, 7) is 3.45. The average Bonchev–Trinajstić information content (AvgIpc) is 3.07. The number of hydrogen-bond acceptors (Lipinski definition) is 2. The molecule has 0 amide bonds. The van der Waals surface area contributed by atoms with Gasteiger partial charge in [0.1, 0.15) is 0 Å². The van der Waals surface area contributed by atoms with E-state index < -0.39 is 0 Å². The minimum absolute atomic E-state index is 0.526. The number of fused-ring (bicyclic) bond motifs is 1. The van der Waals surface area contributed by atoms with Crippen LogP contribution < -0.4 is 5.32 Å². The molecule has 1 aromatic rings. The predicted molar refractivity (Wildman–Crippen MR) is 83.9 cm³/mol. The molecular formula is C17H25NS. The summed E-state index contributed by atoms with van der Waals surface area (Å²) >= 11 is 2.05. The third kappa shape index (κ3) is 3.29. The predicted octanol–water partition coefficient (Wildman–Crippen LogP) is 4.78. The van der Waals surface area contributed by atoms with Gasteiger partial charge in [-0.1, -0.05) is 11.6 Å². The first-order valence-electron chi connectivity index (χ1n) is 7.85. The molecular weight excluding hydrogens is 250 g/mol. The monoisotopic (exact) mass is 275 g/mol. The molecule has 2 heteroatoms. The SMILES string of the molecule is CC(NCCC1=CCCC1)c1cc2c(s1)CCCC2. The van der Waals surface area contributed by atoms with Gasteiger partial charge in [0.25, 0.3) is 0 Å². The third-order valence-corrected chi connectivity index (χ3v) is 5.89. The van der Waals surface area contributed by atoms with Crippen LogP contribution in [0.5, 0.6) is 0 Å². The highest BCUT2D eigenvalue weighted by atomic mass is 32.1. The van der Waals surface area contributed by atoms with Crippen LogP contribution in [0.25, 0.3) is 0 Å². The van der Waals surface area contributed by atoms with Gasteiger partial charge >= 0.3 is 0 Å². The molecule has 0 bridgehead atoms. The van der Waals surface area contributed by atoms with Crippen LogP contribution in [0.15, 0.2) is 17.7 Å². The summed E-state index contributed by atoms with van der Waals surface area (Å²) in [5, 5.41) is 3.70. The van der Waals surface area contributed by atoms with Crippen molar-refractivity contribution in [3.05, 3.63) is 33.0 Å². The topological polar surface area (TPSA) is 12.0 Å². The van der Waals surface area contributed by atoms with E-state index in [9.17, 15) is 0 Å². The second-order valence-electron chi connectivity index (χ2n) is 5.98. The van der Waals surface area contributed by atoms with E-state index in [0.717, 1.165) is 6.54 Å². The van der Waals surface area contributed by atoms with Crippen molar-refractivity contribution < 1.29 is 0 Å². The average molecular weight is 275 g/mol. The van der Waals surface area contributed by atoms with Gasteiger partial charge in [0.05, 0.1) is 0 Å². The zero-order chi connectivity index (χ0) is 13.1. The molecule has 0 saturated carbocycles. The molecule has 2 aliphatic carbocycles.